The van der Waals surface area contributed by atoms with Gasteiger partial charge < -0.3 is 4.98 Å². The van der Waals surface area contributed by atoms with E-state index in [0.717, 1.165) is 77.0 Å². The summed E-state index contributed by atoms with van der Waals surface area (Å²) in [5.74, 6) is 1.15. The van der Waals surface area contributed by atoms with Crippen LogP contribution in [0.5, 0.6) is 0 Å². The maximum atomic E-state index is 12.5. The third-order valence-corrected chi connectivity index (χ3v) is 8.95. The second-order valence-corrected chi connectivity index (χ2v) is 11.4. The quantitative estimate of drug-likeness (QED) is 0.438. The smallest absolute Gasteiger partial charge is 0.214 e. The first-order chi connectivity index (χ1) is 15.9. The van der Waals surface area contributed by atoms with E-state index < -0.39 is 10.0 Å². The highest BCUT2D eigenvalue weighted by molar-refractivity contribution is 7.90. The molecule has 0 bridgehead atoms. The molecular formula is C25H27N5O2S. The Kier molecular flexibility index (Phi) is 4.71. The van der Waals surface area contributed by atoms with Gasteiger partial charge in [-0.2, -0.15) is 0 Å². The van der Waals surface area contributed by atoms with Gasteiger partial charge in [0.25, 0.3) is 0 Å². The average molecular weight is 462 g/mol. The highest BCUT2D eigenvalue weighted by Crippen LogP contribution is 2.39. The van der Waals surface area contributed by atoms with Crippen LogP contribution in [0, 0.1) is 0 Å². The molecule has 0 spiro atoms. The molecule has 0 unspecified atom stereocenters. The molecule has 33 heavy (non-hydrogen) atoms. The molecule has 3 aromatic heterocycles. The van der Waals surface area contributed by atoms with Crippen LogP contribution in [0.25, 0.3) is 33.5 Å². The number of rotatable bonds is 6. The van der Waals surface area contributed by atoms with E-state index in [-0.39, 0.29) is 17.2 Å². The van der Waals surface area contributed by atoms with Gasteiger partial charge in [0.1, 0.15) is 5.82 Å². The fraction of sp³-hybridized carbons (Fsp3) is 0.360. The molecule has 4 aromatic rings. The van der Waals surface area contributed by atoms with Gasteiger partial charge in [0, 0.05) is 23.7 Å². The zero-order valence-electron chi connectivity index (χ0n) is 18.6. The lowest BCUT2D eigenvalue weighted by atomic mass is 10.0. The van der Waals surface area contributed by atoms with Crippen molar-refractivity contribution in [3.63, 3.8) is 0 Å². The number of benzene rings is 1. The highest BCUT2D eigenvalue weighted by atomic mass is 32.2. The van der Waals surface area contributed by atoms with Crippen molar-refractivity contribution in [2.75, 3.05) is 0 Å². The number of aromatic nitrogens is 4. The van der Waals surface area contributed by atoms with Gasteiger partial charge >= 0.3 is 0 Å². The third-order valence-electron chi connectivity index (χ3n) is 6.94. The van der Waals surface area contributed by atoms with Crippen molar-refractivity contribution >= 4 is 32.3 Å². The number of allylic oxidation sites excluding steroid dienone is 1. The minimum absolute atomic E-state index is 0.0326. The van der Waals surface area contributed by atoms with E-state index in [4.69, 9.17) is 4.98 Å². The van der Waals surface area contributed by atoms with Crippen LogP contribution in [0.4, 0.5) is 0 Å². The van der Waals surface area contributed by atoms with Gasteiger partial charge in [0.05, 0.1) is 28.2 Å². The maximum Gasteiger partial charge on any atom is 0.214 e. The van der Waals surface area contributed by atoms with Crippen molar-refractivity contribution in [3.05, 3.63) is 60.7 Å². The summed E-state index contributed by atoms with van der Waals surface area (Å²) in [4.78, 5) is 12.9. The van der Waals surface area contributed by atoms with Crippen LogP contribution in [-0.2, 0) is 10.0 Å². The average Bonchev–Trinajstić information content (AvgIpc) is 3.22. The first-order valence-electron chi connectivity index (χ1n) is 11.5. The van der Waals surface area contributed by atoms with Crippen LogP contribution in [0.1, 0.15) is 56.3 Å². The molecule has 2 aliphatic carbocycles. The standard InChI is InChI=1S/C25H27N5O2S/c1-15(2)16-3-5-17(6-4-16)23-22-14-27-24-21(11-12-26-24)30(22)25(28-23)18-7-8-19(13-18)29-33(31,32)20-9-10-20/h3-6,11-12,14,18-20,26,29H,1,7-10,13H2,2H3/t18-,19+/m1/s1. The number of fused-ring (bicyclic) bond motifs is 3. The topological polar surface area (TPSA) is 92.2 Å². The van der Waals surface area contributed by atoms with E-state index in [1.807, 2.05) is 25.4 Å². The van der Waals surface area contributed by atoms with E-state index in [2.05, 4.69) is 49.9 Å². The fourth-order valence-corrected chi connectivity index (χ4v) is 6.64. The Hall–Kier alpha value is -2.97. The Labute approximate surface area is 193 Å². The number of H-pyrrole nitrogens is 1. The van der Waals surface area contributed by atoms with Gasteiger partial charge in [0.2, 0.25) is 10.0 Å². The van der Waals surface area contributed by atoms with Crippen molar-refractivity contribution in [1.29, 1.82) is 0 Å². The van der Waals surface area contributed by atoms with E-state index in [0.29, 0.717) is 0 Å². The summed E-state index contributed by atoms with van der Waals surface area (Å²) in [5.41, 5.74) is 6.83. The van der Waals surface area contributed by atoms with E-state index in [1.165, 1.54) is 0 Å². The van der Waals surface area contributed by atoms with Crippen molar-refractivity contribution in [2.45, 2.75) is 56.2 Å². The van der Waals surface area contributed by atoms with Crippen LogP contribution in [0.3, 0.4) is 0 Å². The number of imidazole rings is 1. The minimum Gasteiger partial charge on any atom is -0.345 e. The molecule has 0 saturated heterocycles. The number of aromatic amines is 1. The van der Waals surface area contributed by atoms with Gasteiger partial charge in [-0.1, -0.05) is 36.4 Å². The first kappa shape index (κ1) is 20.6. The highest BCUT2D eigenvalue weighted by Gasteiger charge is 2.39. The Bertz CT molecular complexity index is 1480. The largest absolute Gasteiger partial charge is 0.345 e. The van der Waals surface area contributed by atoms with Crippen LogP contribution >= 0.6 is 0 Å². The number of nitrogens with zero attached hydrogens (tertiary/aromatic N) is 3. The van der Waals surface area contributed by atoms with E-state index in [1.54, 1.807) is 0 Å². The maximum absolute atomic E-state index is 12.5. The molecule has 0 radical (unpaired) electrons. The lowest BCUT2D eigenvalue weighted by molar-refractivity contribution is 0.546. The summed E-state index contributed by atoms with van der Waals surface area (Å²) in [7, 11) is -3.19. The van der Waals surface area contributed by atoms with Crippen molar-refractivity contribution in [2.24, 2.45) is 0 Å². The molecule has 0 aliphatic heterocycles. The molecule has 7 nitrogen and oxygen atoms in total. The van der Waals surface area contributed by atoms with Crippen molar-refractivity contribution in [1.82, 2.24) is 24.1 Å². The summed E-state index contributed by atoms with van der Waals surface area (Å²) >= 11 is 0. The number of sulfonamides is 1. The molecular weight excluding hydrogens is 434 g/mol. The molecule has 0 amide bonds. The Balaban J connectivity index is 1.41. The second-order valence-electron chi connectivity index (χ2n) is 9.44. The number of hydrogen-bond acceptors (Lipinski definition) is 4. The molecule has 8 heteroatoms. The predicted octanol–water partition coefficient (Wildman–Crippen LogP) is 4.63. The summed E-state index contributed by atoms with van der Waals surface area (Å²) < 4.78 is 30.1. The Morgan fingerprint density at radius 2 is 1.91 bits per heavy atom. The zero-order valence-corrected chi connectivity index (χ0v) is 19.4. The van der Waals surface area contributed by atoms with Crippen molar-refractivity contribution in [3.8, 4) is 11.3 Å². The lowest BCUT2D eigenvalue weighted by Gasteiger charge is -2.13. The van der Waals surface area contributed by atoms with Gasteiger partial charge in [0.15, 0.2) is 5.65 Å². The third kappa shape index (κ3) is 3.57. The SMILES string of the molecule is C=C(C)c1ccc(-c2nc([C@@H]3CC[C@H](NS(=O)(=O)C4CC4)C3)n3c2cnc2[nH]ccc23)cc1. The summed E-state index contributed by atoms with van der Waals surface area (Å²) in [6, 6.07) is 10.3. The molecule has 6 rings (SSSR count). The molecule has 2 aliphatic rings. The predicted molar refractivity (Wildman–Crippen MR) is 130 cm³/mol. The summed E-state index contributed by atoms with van der Waals surface area (Å²) in [6.45, 7) is 6.03. The normalized spacial score (nSPS) is 21.2. The molecule has 1 aromatic carbocycles. The number of hydrogen-bond donors (Lipinski definition) is 2. The van der Waals surface area contributed by atoms with Crippen molar-refractivity contribution < 1.29 is 8.42 Å². The molecule has 3 heterocycles. The minimum atomic E-state index is -3.19. The van der Waals surface area contributed by atoms with Crippen LogP contribution in [-0.4, -0.2) is 39.1 Å². The van der Waals surface area contributed by atoms with Gasteiger partial charge in [-0.25, -0.2) is 23.1 Å². The zero-order chi connectivity index (χ0) is 22.7. The molecule has 170 valence electrons. The molecule has 2 saturated carbocycles. The van der Waals surface area contributed by atoms with Gasteiger partial charge in [-0.05, 0) is 50.7 Å². The second kappa shape index (κ2) is 7.53. The van der Waals surface area contributed by atoms with Crippen LogP contribution < -0.4 is 4.72 Å². The lowest BCUT2D eigenvalue weighted by Crippen LogP contribution is -2.35. The van der Waals surface area contributed by atoms with Gasteiger partial charge in [-0.3, -0.25) is 4.40 Å². The van der Waals surface area contributed by atoms with E-state index in [9.17, 15) is 8.42 Å². The first-order valence-corrected chi connectivity index (χ1v) is 13.1. The number of nitrogens with one attached hydrogen (secondary N) is 2. The van der Waals surface area contributed by atoms with Gasteiger partial charge in [-0.15, -0.1) is 0 Å². The Morgan fingerprint density at radius 3 is 2.64 bits per heavy atom. The Morgan fingerprint density at radius 1 is 1.12 bits per heavy atom. The molecule has 2 atom stereocenters. The molecule has 2 N–H and O–H groups in total. The molecule has 2 fully saturated rings. The summed E-state index contributed by atoms with van der Waals surface area (Å²) in [6.07, 6.45) is 7.82. The van der Waals surface area contributed by atoms with E-state index >= 15 is 0 Å². The summed E-state index contributed by atoms with van der Waals surface area (Å²) in [5, 5.41) is -0.192. The van der Waals surface area contributed by atoms with Crippen LogP contribution in [0.15, 0.2) is 49.3 Å². The fourth-order valence-electron chi connectivity index (χ4n) is 5.01. The van der Waals surface area contributed by atoms with Crippen LogP contribution in [0.2, 0.25) is 0 Å². The monoisotopic (exact) mass is 461 g/mol.